The van der Waals surface area contributed by atoms with Gasteiger partial charge in [-0.05, 0) is 31.7 Å². The molecule has 0 aromatic rings. The van der Waals surface area contributed by atoms with Crippen LogP contribution in [0.2, 0.25) is 0 Å². The molecule has 2 N–H and O–H groups in total. The lowest BCUT2D eigenvalue weighted by atomic mass is 10.0. The Morgan fingerprint density at radius 2 is 2.43 bits per heavy atom. The molecule has 4 nitrogen and oxygen atoms in total. The van der Waals surface area contributed by atoms with E-state index in [1.54, 1.807) is 4.90 Å². The highest BCUT2D eigenvalue weighted by molar-refractivity contribution is 5.67. The third kappa shape index (κ3) is 3.54. The Hall–Kier alpha value is -0.770. The molecule has 1 aliphatic heterocycles. The van der Waals surface area contributed by atoms with Crippen molar-refractivity contribution in [3.63, 3.8) is 0 Å². The molecular weight excluding hydrogens is 180 g/mol. The van der Waals surface area contributed by atoms with Gasteiger partial charge in [-0.1, -0.05) is 6.92 Å². The molecule has 0 aliphatic carbocycles. The van der Waals surface area contributed by atoms with Crippen molar-refractivity contribution in [1.29, 1.82) is 0 Å². The van der Waals surface area contributed by atoms with Gasteiger partial charge in [-0.3, -0.25) is 0 Å². The summed E-state index contributed by atoms with van der Waals surface area (Å²) in [6.45, 7) is 4.86. The zero-order chi connectivity index (χ0) is 10.4. The molecule has 0 spiro atoms. The van der Waals surface area contributed by atoms with Gasteiger partial charge in [0.25, 0.3) is 0 Å². The molecule has 82 valence electrons. The molecule has 0 aromatic heterocycles. The summed E-state index contributed by atoms with van der Waals surface area (Å²) in [5.74, 6) is 0.603. The largest absolute Gasteiger partial charge is 0.449 e. The van der Waals surface area contributed by atoms with E-state index >= 15 is 0 Å². The van der Waals surface area contributed by atoms with Crippen molar-refractivity contribution in [3.05, 3.63) is 0 Å². The van der Waals surface area contributed by atoms with Crippen LogP contribution in [0.4, 0.5) is 4.79 Å². The second kappa shape index (κ2) is 5.86. The first-order chi connectivity index (χ1) is 6.74. The zero-order valence-electron chi connectivity index (χ0n) is 8.87. The summed E-state index contributed by atoms with van der Waals surface area (Å²) in [4.78, 5) is 13.3. The summed E-state index contributed by atoms with van der Waals surface area (Å²) in [5.41, 5.74) is 5.31. The lowest BCUT2D eigenvalue weighted by Gasteiger charge is -2.30. The molecule has 14 heavy (non-hydrogen) atoms. The average Bonchev–Trinajstić information content (AvgIpc) is 2.18. The molecule has 1 atom stereocenters. The summed E-state index contributed by atoms with van der Waals surface area (Å²) in [7, 11) is 0. The summed E-state index contributed by atoms with van der Waals surface area (Å²) >= 11 is 0. The summed E-state index contributed by atoms with van der Waals surface area (Å²) in [6.07, 6.45) is 2.87. The SMILES string of the molecule is CC1CCCN(C(=O)OCCCN)C1. The minimum atomic E-state index is -0.176. The first-order valence-electron chi connectivity index (χ1n) is 5.36. The summed E-state index contributed by atoms with van der Waals surface area (Å²) < 4.78 is 5.08. The number of hydrogen-bond acceptors (Lipinski definition) is 3. The van der Waals surface area contributed by atoms with E-state index in [-0.39, 0.29) is 6.09 Å². The summed E-state index contributed by atoms with van der Waals surface area (Å²) in [5, 5.41) is 0. The van der Waals surface area contributed by atoms with Gasteiger partial charge in [-0.25, -0.2) is 4.79 Å². The molecule has 1 heterocycles. The van der Waals surface area contributed by atoms with Crippen molar-refractivity contribution in [2.45, 2.75) is 26.2 Å². The Morgan fingerprint density at radius 1 is 1.64 bits per heavy atom. The van der Waals surface area contributed by atoms with Crippen LogP contribution in [0.1, 0.15) is 26.2 Å². The van der Waals surface area contributed by atoms with Crippen LogP contribution in [0.3, 0.4) is 0 Å². The Kier molecular flexibility index (Phi) is 4.73. The number of likely N-dealkylation sites (tertiary alicyclic amines) is 1. The fraction of sp³-hybridized carbons (Fsp3) is 0.900. The van der Waals surface area contributed by atoms with E-state index in [9.17, 15) is 4.79 Å². The van der Waals surface area contributed by atoms with Crippen LogP contribution in [0.25, 0.3) is 0 Å². The van der Waals surface area contributed by atoms with Crippen LogP contribution in [-0.4, -0.2) is 37.2 Å². The minimum Gasteiger partial charge on any atom is -0.449 e. The molecule has 1 unspecified atom stereocenters. The average molecular weight is 200 g/mol. The maximum Gasteiger partial charge on any atom is 0.409 e. The predicted molar refractivity (Wildman–Crippen MR) is 55.0 cm³/mol. The lowest BCUT2D eigenvalue weighted by Crippen LogP contribution is -2.39. The third-order valence-electron chi connectivity index (χ3n) is 2.49. The molecule has 0 bridgehead atoms. The third-order valence-corrected chi connectivity index (χ3v) is 2.49. The van der Waals surface area contributed by atoms with Crippen molar-refractivity contribution in [2.24, 2.45) is 11.7 Å². The van der Waals surface area contributed by atoms with E-state index in [0.717, 1.165) is 25.9 Å². The molecule has 1 rings (SSSR count). The minimum absolute atomic E-state index is 0.176. The monoisotopic (exact) mass is 200 g/mol. The number of rotatable bonds is 3. The van der Waals surface area contributed by atoms with Gasteiger partial charge in [0.1, 0.15) is 0 Å². The van der Waals surface area contributed by atoms with E-state index < -0.39 is 0 Å². The fourth-order valence-electron chi connectivity index (χ4n) is 1.69. The van der Waals surface area contributed by atoms with Crippen LogP contribution in [0.5, 0.6) is 0 Å². The highest BCUT2D eigenvalue weighted by atomic mass is 16.6. The van der Waals surface area contributed by atoms with Crippen molar-refractivity contribution >= 4 is 6.09 Å². The molecule has 1 saturated heterocycles. The number of hydrogen-bond donors (Lipinski definition) is 1. The molecule has 0 aromatic carbocycles. The van der Waals surface area contributed by atoms with Crippen molar-refractivity contribution in [2.75, 3.05) is 26.2 Å². The van der Waals surface area contributed by atoms with E-state index in [1.807, 2.05) is 0 Å². The summed E-state index contributed by atoms with van der Waals surface area (Å²) in [6, 6.07) is 0. The number of amides is 1. The molecule has 0 radical (unpaired) electrons. The van der Waals surface area contributed by atoms with Crippen molar-refractivity contribution in [3.8, 4) is 0 Å². The Labute approximate surface area is 85.4 Å². The molecule has 0 saturated carbocycles. The number of ether oxygens (including phenoxy) is 1. The maximum absolute atomic E-state index is 11.5. The fourth-order valence-corrected chi connectivity index (χ4v) is 1.69. The smallest absolute Gasteiger partial charge is 0.409 e. The van der Waals surface area contributed by atoms with E-state index in [4.69, 9.17) is 10.5 Å². The number of piperidine rings is 1. The van der Waals surface area contributed by atoms with Crippen LogP contribution < -0.4 is 5.73 Å². The van der Waals surface area contributed by atoms with E-state index in [1.165, 1.54) is 6.42 Å². The van der Waals surface area contributed by atoms with Crippen LogP contribution >= 0.6 is 0 Å². The van der Waals surface area contributed by atoms with Crippen LogP contribution in [-0.2, 0) is 4.74 Å². The maximum atomic E-state index is 11.5. The lowest BCUT2D eigenvalue weighted by molar-refractivity contribution is 0.0860. The van der Waals surface area contributed by atoms with E-state index in [2.05, 4.69) is 6.92 Å². The number of nitrogens with two attached hydrogens (primary N) is 1. The number of nitrogens with zero attached hydrogens (tertiary/aromatic N) is 1. The van der Waals surface area contributed by atoms with Gasteiger partial charge >= 0.3 is 6.09 Å². The van der Waals surface area contributed by atoms with Crippen LogP contribution in [0.15, 0.2) is 0 Å². The molecule has 1 aliphatic rings. The topological polar surface area (TPSA) is 55.6 Å². The first-order valence-corrected chi connectivity index (χ1v) is 5.36. The van der Waals surface area contributed by atoms with Gasteiger partial charge in [-0.15, -0.1) is 0 Å². The molecule has 1 amide bonds. The molecule has 4 heteroatoms. The Morgan fingerprint density at radius 3 is 3.07 bits per heavy atom. The number of carbonyl (C=O) groups is 1. The quantitative estimate of drug-likeness (QED) is 0.696. The van der Waals surface area contributed by atoms with E-state index in [0.29, 0.717) is 19.1 Å². The van der Waals surface area contributed by atoms with Crippen molar-refractivity contribution in [1.82, 2.24) is 4.90 Å². The van der Waals surface area contributed by atoms with Gasteiger partial charge in [0.2, 0.25) is 0 Å². The van der Waals surface area contributed by atoms with Crippen molar-refractivity contribution < 1.29 is 9.53 Å². The Bertz CT molecular complexity index is 185. The highest BCUT2D eigenvalue weighted by Gasteiger charge is 2.21. The predicted octanol–water partition coefficient (Wildman–Crippen LogP) is 1.20. The van der Waals surface area contributed by atoms with Gasteiger partial charge < -0.3 is 15.4 Å². The van der Waals surface area contributed by atoms with Gasteiger partial charge in [0, 0.05) is 13.1 Å². The Balaban J connectivity index is 2.22. The molecule has 1 fully saturated rings. The highest BCUT2D eigenvalue weighted by Crippen LogP contribution is 2.15. The molecular formula is C10H20N2O2. The van der Waals surface area contributed by atoms with Gasteiger partial charge in [0.15, 0.2) is 0 Å². The van der Waals surface area contributed by atoms with Gasteiger partial charge in [-0.2, -0.15) is 0 Å². The normalized spacial score (nSPS) is 22.1. The second-order valence-corrected chi connectivity index (χ2v) is 3.95. The second-order valence-electron chi connectivity index (χ2n) is 3.95. The number of carbonyl (C=O) groups excluding carboxylic acids is 1. The zero-order valence-corrected chi connectivity index (χ0v) is 8.87. The first kappa shape index (κ1) is 11.3. The van der Waals surface area contributed by atoms with Crippen LogP contribution in [0, 0.1) is 5.92 Å². The standard InChI is InChI=1S/C10H20N2O2/c1-9-4-2-6-12(8-9)10(13)14-7-3-5-11/h9H,2-8,11H2,1H3. The van der Waals surface area contributed by atoms with Gasteiger partial charge in [0.05, 0.1) is 6.61 Å².